The molecule has 0 saturated carbocycles. The molecule has 1 aliphatic rings. The fourth-order valence-corrected chi connectivity index (χ4v) is 0.892. The van der Waals surface area contributed by atoms with E-state index in [1.807, 2.05) is 20.9 Å². The lowest BCUT2D eigenvalue weighted by Gasteiger charge is -2.17. The standard InChI is InChI=1S/C8H16N2O.C5H12.C3H8O2.C2H6/c1-8(2,3)6-5-7(9-4)10-11-6;1-5(2,3)4;1-3(2,4)5;1-2/h5,7,9-10H,1-4H3;1-4H3;4-5H,1-2H3;1-2H3. The molecule has 0 fully saturated rings. The van der Waals surface area contributed by atoms with E-state index in [-0.39, 0.29) is 11.6 Å². The maximum Gasteiger partial charge on any atom is 0.156 e. The Hall–Kier alpha value is -0.620. The molecule has 0 amide bonds. The van der Waals surface area contributed by atoms with Crippen molar-refractivity contribution >= 4 is 0 Å². The fraction of sp³-hybridized carbons (Fsp3) is 0.889. The summed E-state index contributed by atoms with van der Waals surface area (Å²) in [5.41, 5.74) is 3.46. The molecule has 1 unspecified atom stereocenters. The molecule has 1 heterocycles. The van der Waals surface area contributed by atoms with Gasteiger partial charge in [0.1, 0.15) is 11.9 Å². The molecule has 1 atom stereocenters. The van der Waals surface area contributed by atoms with Gasteiger partial charge < -0.3 is 15.1 Å². The van der Waals surface area contributed by atoms with Gasteiger partial charge in [0.15, 0.2) is 5.79 Å². The minimum atomic E-state index is -1.50. The van der Waals surface area contributed by atoms with Crippen LogP contribution in [-0.2, 0) is 4.84 Å². The highest BCUT2D eigenvalue weighted by Gasteiger charge is 2.25. The predicted octanol–water partition coefficient (Wildman–Crippen LogP) is 3.78. The lowest BCUT2D eigenvalue weighted by molar-refractivity contribution is -0.127. The van der Waals surface area contributed by atoms with Crippen LogP contribution in [0.1, 0.15) is 76.2 Å². The number of likely N-dealkylation sites (N-methyl/N-ethyl adjacent to an activating group) is 1. The Kier molecular flexibility index (Phi) is 14.0. The summed E-state index contributed by atoms with van der Waals surface area (Å²) in [5, 5.41) is 19.2. The Morgan fingerprint density at radius 1 is 0.957 bits per heavy atom. The maximum atomic E-state index is 8.08. The minimum Gasteiger partial charge on any atom is -0.411 e. The smallest absolute Gasteiger partial charge is 0.156 e. The Balaban J connectivity index is -0.000000282. The normalized spacial score (nSPS) is 17.3. The van der Waals surface area contributed by atoms with E-state index in [2.05, 4.69) is 65.3 Å². The van der Waals surface area contributed by atoms with E-state index in [0.29, 0.717) is 5.41 Å². The van der Waals surface area contributed by atoms with Gasteiger partial charge in [0.05, 0.1) is 0 Å². The summed E-state index contributed by atoms with van der Waals surface area (Å²) in [6, 6.07) is 0. The van der Waals surface area contributed by atoms with Gasteiger partial charge in [-0.15, -0.1) is 5.48 Å². The van der Waals surface area contributed by atoms with Gasteiger partial charge in [-0.2, -0.15) is 0 Å². The van der Waals surface area contributed by atoms with Crippen molar-refractivity contribution in [2.45, 2.75) is 88.1 Å². The molecular formula is C18H42N2O3. The summed E-state index contributed by atoms with van der Waals surface area (Å²) in [5.74, 6) is -0.503. The maximum absolute atomic E-state index is 8.08. The van der Waals surface area contributed by atoms with Crippen molar-refractivity contribution in [2.24, 2.45) is 10.8 Å². The topological polar surface area (TPSA) is 73.8 Å². The summed E-state index contributed by atoms with van der Waals surface area (Å²) in [6.45, 7) is 21.7. The molecule has 0 radical (unpaired) electrons. The van der Waals surface area contributed by atoms with Gasteiger partial charge in [0.25, 0.3) is 0 Å². The molecule has 0 aromatic carbocycles. The molecule has 1 rings (SSSR count). The van der Waals surface area contributed by atoms with Gasteiger partial charge in [-0.05, 0) is 32.4 Å². The first-order valence-electron chi connectivity index (χ1n) is 8.30. The van der Waals surface area contributed by atoms with Gasteiger partial charge in [-0.25, -0.2) is 0 Å². The van der Waals surface area contributed by atoms with Gasteiger partial charge in [0, 0.05) is 5.41 Å². The molecule has 0 bridgehead atoms. The van der Waals surface area contributed by atoms with Crippen molar-refractivity contribution in [3.8, 4) is 0 Å². The number of nitrogens with one attached hydrogen (secondary N) is 2. The average Bonchev–Trinajstić information content (AvgIpc) is 2.75. The third-order valence-electron chi connectivity index (χ3n) is 1.66. The Morgan fingerprint density at radius 3 is 1.39 bits per heavy atom. The molecule has 0 aromatic rings. The predicted molar refractivity (Wildman–Crippen MR) is 99.6 cm³/mol. The number of aliphatic hydroxyl groups is 2. The van der Waals surface area contributed by atoms with E-state index < -0.39 is 5.79 Å². The van der Waals surface area contributed by atoms with Crippen LogP contribution in [0.15, 0.2) is 11.8 Å². The molecule has 1 aliphatic heterocycles. The van der Waals surface area contributed by atoms with Crippen LogP contribution in [0.2, 0.25) is 0 Å². The number of allylic oxidation sites excluding steroid dienone is 1. The van der Waals surface area contributed by atoms with Crippen LogP contribution in [0, 0.1) is 10.8 Å². The van der Waals surface area contributed by atoms with Crippen molar-refractivity contribution in [3.05, 3.63) is 11.8 Å². The highest BCUT2D eigenvalue weighted by molar-refractivity contribution is 5.09. The Labute approximate surface area is 144 Å². The van der Waals surface area contributed by atoms with Gasteiger partial charge in [0.2, 0.25) is 0 Å². The van der Waals surface area contributed by atoms with E-state index in [1.165, 1.54) is 13.8 Å². The summed E-state index contributed by atoms with van der Waals surface area (Å²) in [4.78, 5) is 5.27. The fourth-order valence-electron chi connectivity index (χ4n) is 0.892. The SMILES string of the molecule is CC.CC(C)(C)C.CC(C)(O)O.CNC1C=C(C(C)(C)C)ON1. The Bertz CT molecular complexity index is 284. The van der Waals surface area contributed by atoms with E-state index in [4.69, 9.17) is 15.1 Å². The van der Waals surface area contributed by atoms with Crippen LogP contribution in [0.3, 0.4) is 0 Å². The first-order valence-corrected chi connectivity index (χ1v) is 8.30. The van der Waals surface area contributed by atoms with Crippen LogP contribution in [-0.4, -0.2) is 29.2 Å². The largest absolute Gasteiger partial charge is 0.411 e. The molecule has 0 spiro atoms. The van der Waals surface area contributed by atoms with E-state index in [0.717, 1.165) is 5.76 Å². The van der Waals surface area contributed by atoms with Crippen LogP contribution < -0.4 is 10.8 Å². The first kappa shape index (κ1) is 27.2. The second kappa shape index (κ2) is 11.8. The van der Waals surface area contributed by atoms with E-state index >= 15 is 0 Å². The number of hydrogen-bond acceptors (Lipinski definition) is 5. The molecule has 4 N–H and O–H groups in total. The lowest BCUT2D eigenvalue weighted by atomic mass is 9.94. The third-order valence-corrected chi connectivity index (χ3v) is 1.66. The average molecular weight is 335 g/mol. The van der Waals surface area contributed by atoms with Gasteiger partial charge in [-0.1, -0.05) is 62.3 Å². The molecule has 5 heteroatoms. The Morgan fingerprint density at radius 2 is 1.26 bits per heavy atom. The van der Waals surface area contributed by atoms with Crippen LogP contribution in [0.5, 0.6) is 0 Å². The number of hydroxylamine groups is 1. The second-order valence-corrected chi connectivity index (χ2v) is 8.26. The second-order valence-electron chi connectivity index (χ2n) is 8.26. The van der Waals surface area contributed by atoms with Crippen molar-refractivity contribution in [2.75, 3.05) is 7.05 Å². The van der Waals surface area contributed by atoms with Crippen molar-refractivity contribution < 1.29 is 15.1 Å². The summed E-state index contributed by atoms with van der Waals surface area (Å²) in [7, 11) is 1.89. The lowest BCUT2D eigenvalue weighted by Crippen LogP contribution is -2.33. The van der Waals surface area contributed by atoms with Gasteiger partial charge >= 0.3 is 0 Å². The van der Waals surface area contributed by atoms with E-state index in [9.17, 15) is 0 Å². The summed E-state index contributed by atoms with van der Waals surface area (Å²) >= 11 is 0. The molecule has 5 nitrogen and oxygen atoms in total. The third kappa shape index (κ3) is 29.9. The molecule has 142 valence electrons. The van der Waals surface area contributed by atoms with Crippen molar-refractivity contribution in [1.82, 2.24) is 10.8 Å². The summed E-state index contributed by atoms with van der Waals surface area (Å²) in [6.07, 6.45) is 2.21. The molecular weight excluding hydrogens is 292 g/mol. The highest BCUT2D eigenvalue weighted by Crippen LogP contribution is 2.27. The minimum absolute atomic E-state index is 0.0958. The quantitative estimate of drug-likeness (QED) is 0.549. The number of rotatable bonds is 1. The van der Waals surface area contributed by atoms with Crippen molar-refractivity contribution in [3.63, 3.8) is 0 Å². The van der Waals surface area contributed by atoms with Crippen LogP contribution in [0.25, 0.3) is 0 Å². The van der Waals surface area contributed by atoms with Crippen molar-refractivity contribution in [1.29, 1.82) is 0 Å². The molecule has 0 aromatic heterocycles. The molecule has 0 aliphatic carbocycles. The monoisotopic (exact) mass is 334 g/mol. The van der Waals surface area contributed by atoms with Crippen LogP contribution >= 0.6 is 0 Å². The zero-order valence-corrected chi connectivity index (χ0v) is 17.5. The number of hydrogen-bond donors (Lipinski definition) is 4. The molecule has 0 saturated heterocycles. The zero-order chi connectivity index (χ0) is 19.5. The van der Waals surface area contributed by atoms with Crippen LogP contribution in [0.4, 0.5) is 0 Å². The summed E-state index contributed by atoms with van der Waals surface area (Å²) < 4.78 is 0. The van der Waals surface area contributed by atoms with Gasteiger partial charge in [-0.3, -0.25) is 5.32 Å². The highest BCUT2D eigenvalue weighted by atomic mass is 16.7. The first-order chi connectivity index (χ1) is 10.0. The van der Waals surface area contributed by atoms with E-state index in [1.54, 1.807) is 0 Å². The molecule has 23 heavy (non-hydrogen) atoms. The zero-order valence-electron chi connectivity index (χ0n) is 17.5.